The van der Waals surface area contributed by atoms with Gasteiger partial charge in [-0.2, -0.15) is 0 Å². The molecule has 0 bridgehead atoms. The second-order valence-electron chi connectivity index (χ2n) is 5.28. The Morgan fingerprint density at radius 1 is 1.05 bits per heavy atom. The Morgan fingerprint density at radius 3 is 2.05 bits per heavy atom. The third-order valence-electron chi connectivity index (χ3n) is 2.75. The normalized spacial score (nSPS) is 9.67. The van der Waals surface area contributed by atoms with Gasteiger partial charge in [-0.05, 0) is 45.6 Å². The number of aromatic nitrogens is 1. The molecule has 0 saturated carbocycles. The fraction of sp³-hybridized carbons (Fsp3) is 0.571. The van der Waals surface area contributed by atoms with Crippen molar-refractivity contribution in [2.45, 2.75) is 13.8 Å². The molecule has 0 unspecified atom stereocenters. The van der Waals surface area contributed by atoms with E-state index in [9.17, 15) is 4.79 Å². The molecule has 1 aromatic rings. The first-order valence-electron chi connectivity index (χ1n) is 6.40. The topological polar surface area (TPSA) is 39.7 Å². The van der Waals surface area contributed by atoms with Crippen molar-refractivity contribution in [3.8, 4) is 0 Å². The van der Waals surface area contributed by atoms with Crippen LogP contribution >= 0.6 is 24.8 Å². The number of hydrogen-bond acceptors (Lipinski definition) is 3. The van der Waals surface area contributed by atoms with E-state index < -0.39 is 0 Å². The van der Waals surface area contributed by atoms with Crippen LogP contribution in [0.2, 0.25) is 0 Å². The third-order valence-corrected chi connectivity index (χ3v) is 2.75. The molecule has 0 saturated heterocycles. The van der Waals surface area contributed by atoms with Gasteiger partial charge in [0.25, 0.3) is 0 Å². The highest BCUT2D eigenvalue weighted by Gasteiger charge is 2.19. The molecule has 5 nitrogen and oxygen atoms in total. The summed E-state index contributed by atoms with van der Waals surface area (Å²) in [6.07, 6.45) is 0. The van der Waals surface area contributed by atoms with Crippen molar-refractivity contribution in [2.75, 3.05) is 46.2 Å². The number of aryl methyl sites for hydroxylation is 2. The molecule has 0 aliphatic carbocycles. The van der Waals surface area contributed by atoms with Crippen LogP contribution in [-0.4, -0.2) is 62.1 Å². The second-order valence-corrected chi connectivity index (χ2v) is 5.28. The van der Waals surface area contributed by atoms with Gasteiger partial charge in [-0.1, -0.05) is 0 Å². The Hall–Kier alpha value is -1.04. The first-order valence-corrected chi connectivity index (χ1v) is 6.40. The molecular formula is C14H26Cl2N4O. The number of nitrogens with zero attached hydrogens (tertiary/aromatic N) is 4. The predicted molar refractivity (Wildman–Crippen MR) is 93.2 cm³/mol. The number of amides is 2. The molecule has 1 heterocycles. The molecule has 0 fully saturated rings. The fourth-order valence-electron chi connectivity index (χ4n) is 1.81. The minimum Gasteiger partial charge on any atom is -0.330 e. The van der Waals surface area contributed by atoms with E-state index in [1.54, 1.807) is 23.9 Å². The molecule has 0 aromatic carbocycles. The largest absolute Gasteiger partial charge is 0.330 e. The van der Waals surface area contributed by atoms with Gasteiger partial charge in [0, 0.05) is 32.9 Å². The molecule has 122 valence electrons. The summed E-state index contributed by atoms with van der Waals surface area (Å²) in [5.74, 6) is 0.720. The number of hydrogen-bond donors (Lipinski definition) is 0. The van der Waals surface area contributed by atoms with Crippen LogP contribution in [0.5, 0.6) is 0 Å². The lowest BCUT2D eigenvalue weighted by Crippen LogP contribution is -2.43. The summed E-state index contributed by atoms with van der Waals surface area (Å²) in [7, 11) is 7.50. The Bertz CT molecular complexity index is 432. The molecule has 0 aliphatic rings. The van der Waals surface area contributed by atoms with E-state index in [-0.39, 0.29) is 30.8 Å². The Kier molecular flexibility index (Phi) is 10.4. The summed E-state index contributed by atoms with van der Waals surface area (Å²) in [5.41, 5.74) is 2.04. The van der Waals surface area contributed by atoms with Crippen molar-refractivity contribution in [2.24, 2.45) is 0 Å². The van der Waals surface area contributed by atoms with Gasteiger partial charge < -0.3 is 9.80 Å². The number of rotatable bonds is 4. The fourth-order valence-corrected chi connectivity index (χ4v) is 1.81. The molecule has 0 radical (unpaired) electrons. The van der Waals surface area contributed by atoms with Crippen molar-refractivity contribution in [1.29, 1.82) is 0 Å². The van der Waals surface area contributed by atoms with Gasteiger partial charge in [0.2, 0.25) is 0 Å². The number of urea groups is 1. The van der Waals surface area contributed by atoms with Gasteiger partial charge in [-0.15, -0.1) is 24.8 Å². The number of halogens is 2. The zero-order chi connectivity index (χ0) is 14.6. The molecule has 1 aromatic heterocycles. The lowest BCUT2D eigenvalue weighted by molar-refractivity contribution is 0.222. The lowest BCUT2D eigenvalue weighted by Gasteiger charge is -2.27. The van der Waals surface area contributed by atoms with E-state index >= 15 is 0 Å². The number of pyridine rings is 1. The Labute approximate surface area is 140 Å². The highest BCUT2D eigenvalue weighted by molar-refractivity contribution is 5.90. The van der Waals surface area contributed by atoms with E-state index in [2.05, 4.69) is 9.88 Å². The number of likely N-dealkylation sites (N-methyl/N-ethyl adjacent to an activating group) is 1. The van der Waals surface area contributed by atoms with Crippen molar-refractivity contribution in [1.82, 2.24) is 14.8 Å². The van der Waals surface area contributed by atoms with Crippen LogP contribution in [0.1, 0.15) is 11.3 Å². The smallest absolute Gasteiger partial charge is 0.325 e. The predicted octanol–water partition coefficient (Wildman–Crippen LogP) is 2.59. The van der Waals surface area contributed by atoms with Crippen LogP contribution in [0.4, 0.5) is 10.6 Å². The highest BCUT2D eigenvalue weighted by atomic mass is 35.5. The lowest BCUT2D eigenvalue weighted by atomic mass is 10.2. The highest BCUT2D eigenvalue weighted by Crippen LogP contribution is 2.15. The van der Waals surface area contributed by atoms with Gasteiger partial charge in [0.05, 0.1) is 0 Å². The van der Waals surface area contributed by atoms with Crippen molar-refractivity contribution in [3.05, 3.63) is 23.4 Å². The van der Waals surface area contributed by atoms with Crippen LogP contribution in [0.3, 0.4) is 0 Å². The molecule has 0 N–H and O–H groups in total. The number of carbonyl (C=O) groups excluding carboxylic acids is 1. The minimum absolute atomic E-state index is 0. The maximum absolute atomic E-state index is 12.3. The van der Waals surface area contributed by atoms with E-state index in [1.807, 2.05) is 40.1 Å². The van der Waals surface area contributed by atoms with E-state index in [4.69, 9.17) is 0 Å². The van der Waals surface area contributed by atoms with Gasteiger partial charge in [-0.3, -0.25) is 4.90 Å². The van der Waals surface area contributed by atoms with Crippen molar-refractivity contribution < 1.29 is 4.79 Å². The quantitative estimate of drug-likeness (QED) is 0.848. The number of anilines is 1. The Balaban J connectivity index is 0. The first kappa shape index (κ1) is 22.2. The molecule has 0 atom stereocenters. The summed E-state index contributed by atoms with van der Waals surface area (Å²) in [5, 5.41) is 0. The molecule has 0 aliphatic heterocycles. The SMILES string of the molecule is Cc1cc(C)nc(N(CCN(C)C)C(=O)N(C)C)c1.Cl.Cl. The summed E-state index contributed by atoms with van der Waals surface area (Å²) >= 11 is 0. The maximum atomic E-state index is 12.3. The minimum atomic E-state index is -0.0423. The summed E-state index contributed by atoms with van der Waals surface area (Å²) in [6, 6.07) is 3.91. The van der Waals surface area contributed by atoms with Crippen LogP contribution < -0.4 is 4.90 Å². The van der Waals surface area contributed by atoms with Gasteiger partial charge >= 0.3 is 6.03 Å². The molecule has 2 amide bonds. The maximum Gasteiger partial charge on any atom is 0.325 e. The van der Waals surface area contributed by atoms with Gasteiger partial charge in [0.15, 0.2) is 0 Å². The Morgan fingerprint density at radius 2 is 1.62 bits per heavy atom. The zero-order valence-electron chi connectivity index (χ0n) is 13.6. The second kappa shape index (κ2) is 9.82. The third kappa shape index (κ3) is 6.98. The molecule has 0 spiro atoms. The number of carbonyl (C=O) groups is 1. The van der Waals surface area contributed by atoms with Crippen LogP contribution in [-0.2, 0) is 0 Å². The van der Waals surface area contributed by atoms with Gasteiger partial charge in [-0.25, -0.2) is 9.78 Å². The molecule has 1 rings (SSSR count). The standard InChI is InChI=1S/C14H24N4O.2ClH/c1-11-9-12(2)15-13(10-11)18(8-7-16(3)4)14(19)17(5)6;;/h9-10H,7-8H2,1-6H3;2*1H. The van der Waals surface area contributed by atoms with E-state index in [1.165, 1.54) is 0 Å². The summed E-state index contributed by atoms with van der Waals surface area (Å²) in [6.45, 7) is 5.39. The van der Waals surface area contributed by atoms with Crippen LogP contribution in [0.15, 0.2) is 12.1 Å². The molecular weight excluding hydrogens is 311 g/mol. The van der Waals surface area contributed by atoms with Crippen LogP contribution in [0.25, 0.3) is 0 Å². The summed E-state index contributed by atoms with van der Waals surface area (Å²) in [4.78, 5) is 22.1. The molecule has 7 heteroatoms. The zero-order valence-corrected chi connectivity index (χ0v) is 15.2. The first-order chi connectivity index (χ1) is 8.81. The van der Waals surface area contributed by atoms with E-state index in [0.717, 1.165) is 23.6 Å². The van der Waals surface area contributed by atoms with Crippen LogP contribution in [0, 0.1) is 13.8 Å². The monoisotopic (exact) mass is 336 g/mol. The average Bonchev–Trinajstić information content (AvgIpc) is 2.27. The van der Waals surface area contributed by atoms with E-state index in [0.29, 0.717) is 6.54 Å². The molecule has 21 heavy (non-hydrogen) atoms. The summed E-state index contributed by atoms with van der Waals surface area (Å²) < 4.78 is 0. The van der Waals surface area contributed by atoms with Crippen molar-refractivity contribution >= 4 is 36.7 Å². The average molecular weight is 337 g/mol. The van der Waals surface area contributed by atoms with Gasteiger partial charge in [0.1, 0.15) is 5.82 Å². The van der Waals surface area contributed by atoms with Crippen molar-refractivity contribution in [3.63, 3.8) is 0 Å².